The molecular weight excluding hydrogens is 292 g/mol. The molecule has 3 amide bonds. The van der Waals surface area contributed by atoms with Crippen LogP contribution in [0, 0.1) is 0 Å². The third kappa shape index (κ3) is 5.18. The number of nitrogens with one attached hydrogen (secondary N) is 2. The van der Waals surface area contributed by atoms with Gasteiger partial charge in [0.05, 0.1) is 0 Å². The minimum Gasteiger partial charge on any atom is -0.451 e. The molecular formula is C14H20N2O4S. The van der Waals surface area contributed by atoms with Crippen molar-refractivity contribution >= 4 is 29.2 Å². The molecule has 0 saturated carbocycles. The second kappa shape index (κ2) is 8.41. The van der Waals surface area contributed by atoms with Gasteiger partial charge in [-0.25, -0.2) is 9.59 Å². The molecule has 0 aromatic carbocycles. The summed E-state index contributed by atoms with van der Waals surface area (Å²) < 4.78 is 4.91. The first kappa shape index (κ1) is 17.2. The Balaban J connectivity index is 2.59. The molecule has 1 rings (SSSR count). The molecule has 116 valence electrons. The number of esters is 1. The average Bonchev–Trinajstić information content (AvgIpc) is 2.88. The molecule has 0 aliphatic carbocycles. The van der Waals surface area contributed by atoms with Gasteiger partial charge in [0.2, 0.25) is 0 Å². The normalized spacial score (nSPS) is 10.0. The molecule has 1 aromatic heterocycles. The van der Waals surface area contributed by atoms with E-state index < -0.39 is 24.5 Å². The molecule has 0 unspecified atom stereocenters. The van der Waals surface area contributed by atoms with Crippen molar-refractivity contribution in [1.82, 2.24) is 10.6 Å². The molecule has 0 spiro atoms. The standard InChI is InChI=1S/C14H20N2O4S/c1-4-6-10-9(5-2)7-11(21-10)13(18)20-8-12(17)16-14(19)15-3/h7H,4-6,8H2,1-3H3,(H2,15,16,17,19). The summed E-state index contributed by atoms with van der Waals surface area (Å²) in [5.74, 6) is -1.20. The Bertz CT molecular complexity index is 525. The number of ether oxygens (including phenoxy) is 1. The number of rotatable bonds is 6. The predicted octanol–water partition coefficient (Wildman–Crippen LogP) is 1.88. The van der Waals surface area contributed by atoms with E-state index in [1.807, 2.05) is 18.3 Å². The summed E-state index contributed by atoms with van der Waals surface area (Å²) in [7, 11) is 1.39. The van der Waals surface area contributed by atoms with Crippen LogP contribution in [0.15, 0.2) is 6.07 Å². The van der Waals surface area contributed by atoms with Crippen LogP contribution in [-0.4, -0.2) is 31.6 Å². The fourth-order valence-corrected chi connectivity index (χ4v) is 2.98. The summed E-state index contributed by atoms with van der Waals surface area (Å²) in [4.78, 5) is 35.8. The van der Waals surface area contributed by atoms with E-state index in [1.165, 1.54) is 23.3 Å². The molecule has 0 radical (unpaired) electrons. The van der Waals surface area contributed by atoms with Crippen molar-refractivity contribution < 1.29 is 19.1 Å². The van der Waals surface area contributed by atoms with Gasteiger partial charge in [-0.2, -0.15) is 0 Å². The van der Waals surface area contributed by atoms with Gasteiger partial charge in [0.15, 0.2) is 6.61 Å². The molecule has 1 aromatic rings. The van der Waals surface area contributed by atoms with Crippen LogP contribution in [0.3, 0.4) is 0 Å². The topological polar surface area (TPSA) is 84.5 Å². The number of carbonyl (C=O) groups is 3. The molecule has 0 saturated heterocycles. The largest absolute Gasteiger partial charge is 0.451 e. The minimum atomic E-state index is -0.663. The Hall–Kier alpha value is -1.89. The summed E-state index contributed by atoms with van der Waals surface area (Å²) in [6.07, 6.45) is 2.80. The highest BCUT2D eigenvalue weighted by Gasteiger charge is 2.16. The molecule has 2 N–H and O–H groups in total. The van der Waals surface area contributed by atoms with E-state index >= 15 is 0 Å². The van der Waals surface area contributed by atoms with Gasteiger partial charge in [-0.05, 0) is 24.5 Å². The van der Waals surface area contributed by atoms with Gasteiger partial charge in [-0.1, -0.05) is 20.3 Å². The van der Waals surface area contributed by atoms with Gasteiger partial charge >= 0.3 is 12.0 Å². The van der Waals surface area contributed by atoms with Crippen LogP contribution in [0.1, 0.15) is 40.4 Å². The summed E-state index contributed by atoms with van der Waals surface area (Å²) in [6.45, 7) is 3.64. The Labute approximate surface area is 127 Å². The van der Waals surface area contributed by atoms with Gasteiger partial charge in [-0.3, -0.25) is 10.1 Å². The number of hydrogen-bond acceptors (Lipinski definition) is 5. The van der Waals surface area contributed by atoms with Gasteiger partial charge in [0.25, 0.3) is 5.91 Å². The molecule has 7 heteroatoms. The monoisotopic (exact) mass is 312 g/mol. The third-order valence-electron chi connectivity index (χ3n) is 2.77. The van der Waals surface area contributed by atoms with E-state index in [4.69, 9.17) is 4.74 Å². The maximum absolute atomic E-state index is 11.9. The van der Waals surface area contributed by atoms with Crippen molar-refractivity contribution in [3.63, 3.8) is 0 Å². The molecule has 0 bridgehead atoms. The molecule has 0 fully saturated rings. The highest BCUT2D eigenvalue weighted by Crippen LogP contribution is 2.25. The van der Waals surface area contributed by atoms with Crippen molar-refractivity contribution in [3.05, 3.63) is 21.4 Å². The number of carbonyl (C=O) groups excluding carboxylic acids is 3. The number of thiophene rings is 1. The van der Waals surface area contributed by atoms with E-state index in [9.17, 15) is 14.4 Å². The second-order valence-electron chi connectivity index (χ2n) is 4.37. The first-order valence-electron chi connectivity index (χ1n) is 6.82. The number of imide groups is 1. The maximum Gasteiger partial charge on any atom is 0.348 e. The number of urea groups is 1. The lowest BCUT2D eigenvalue weighted by atomic mass is 10.1. The quantitative estimate of drug-likeness (QED) is 0.785. The first-order valence-corrected chi connectivity index (χ1v) is 7.63. The fourth-order valence-electron chi connectivity index (χ4n) is 1.73. The van der Waals surface area contributed by atoms with Crippen molar-refractivity contribution in [2.75, 3.05) is 13.7 Å². The molecule has 21 heavy (non-hydrogen) atoms. The lowest BCUT2D eigenvalue weighted by molar-refractivity contribution is -0.123. The smallest absolute Gasteiger partial charge is 0.348 e. The Kier molecular flexibility index (Phi) is 6.87. The zero-order chi connectivity index (χ0) is 15.8. The zero-order valence-electron chi connectivity index (χ0n) is 12.4. The predicted molar refractivity (Wildman–Crippen MR) is 80.6 cm³/mol. The summed E-state index contributed by atoms with van der Waals surface area (Å²) in [6, 6.07) is 1.18. The third-order valence-corrected chi connectivity index (χ3v) is 3.99. The summed E-state index contributed by atoms with van der Waals surface area (Å²) >= 11 is 1.40. The van der Waals surface area contributed by atoms with Crippen molar-refractivity contribution in [3.8, 4) is 0 Å². The molecule has 1 heterocycles. The highest BCUT2D eigenvalue weighted by molar-refractivity contribution is 7.14. The lowest BCUT2D eigenvalue weighted by Gasteiger charge is -2.03. The Morgan fingerprint density at radius 3 is 2.57 bits per heavy atom. The van der Waals surface area contributed by atoms with Crippen LogP contribution in [0.5, 0.6) is 0 Å². The second-order valence-corrected chi connectivity index (χ2v) is 5.50. The Morgan fingerprint density at radius 1 is 1.29 bits per heavy atom. The van der Waals surface area contributed by atoms with E-state index in [0.717, 1.165) is 24.8 Å². The van der Waals surface area contributed by atoms with E-state index in [1.54, 1.807) is 0 Å². The molecule has 0 atom stereocenters. The van der Waals surface area contributed by atoms with Crippen molar-refractivity contribution in [2.45, 2.75) is 33.1 Å². The number of hydrogen-bond donors (Lipinski definition) is 2. The minimum absolute atomic E-state index is 0.477. The van der Waals surface area contributed by atoms with Crippen molar-refractivity contribution in [1.29, 1.82) is 0 Å². The van der Waals surface area contributed by atoms with Crippen LogP contribution in [0.2, 0.25) is 0 Å². The van der Waals surface area contributed by atoms with E-state index in [0.29, 0.717) is 4.88 Å². The zero-order valence-corrected chi connectivity index (χ0v) is 13.3. The van der Waals surface area contributed by atoms with Crippen LogP contribution >= 0.6 is 11.3 Å². The first-order chi connectivity index (χ1) is 10.0. The molecule has 0 aliphatic rings. The van der Waals surface area contributed by atoms with Gasteiger partial charge in [-0.15, -0.1) is 11.3 Å². The Morgan fingerprint density at radius 2 is 2.00 bits per heavy atom. The van der Waals surface area contributed by atoms with E-state index in [2.05, 4.69) is 12.2 Å². The highest BCUT2D eigenvalue weighted by atomic mass is 32.1. The van der Waals surface area contributed by atoms with E-state index in [-0.39, 0.29) is 0 Å². The van der Waals surface area contributed by atoms with Gasteiger partial charge in [0, 0.05) is 11.9 Å². The van der Waals surface area contributed by atoms with Crippen LogP contribution in [0.25, 0.3) is 0 Å². The number of amides is 3. The lowest BCUT2D eigenvalue weighted by Crippen LogP contribution is -2.39. The number of aryl methyl sites for hydroxylation is 2. The van der Waals surface area contributed by atoms with Crippen LogP contribution in [-0.2, 0) is 22.4 Å². The maximum atomic E-state index is 11.9. The molecule has 6 nitrogen and oxygen atoms in total. The van der Waals surface area contributed by atoms with Crippen LogP contribution < -0.4 is 10.6 Å². The van der Waals surface area contributed by atoms with Crippen LogP contribution in [0.4, 0.5) is 4.79 Å². The molecule has 0 aliphatic heterocycles. The fraction of sp³-hybridized carbons (Fsp3) is 0.500. The van der Waals surface area contributed by atoms with Gasteiger partial charge in [0.1, 0.15) is 4.88 Å². The summed E-state index contributed by atoms with van der Waals surface area (Å²) in [5, 5.41) is 4.26. The average molecular weight is 312 g/mol. The van der Waals surface area contributed by atoms with Gasteiger partial charge < -0.3 is 10.1 Å². The van der Waals surface area contributed by atoms with Crippen molar-refractivity contribution in [2.24, 2.45) is 0 Å². The summed E-state index contributed by atoms with van der Waals surface area (Å²) in [5.41, 5.74) is 1.14. The SMILES string of the molecule is CCCc1sc(C(=O)OCC(=O)NC(=O)NC)cc1CC.